The van der Waals surface area contributed by atoms with Crippen molar-refractivity contribution in [2.45, 2.75) is 31.2 Å². The number of hydrogen-bond acceptors (Lipinski definition) is 3. The monoisotopic (exact) mass is 291 g/mol. The Kier molecular flexibility index (Phi) is 3.58. The maximum Gasteiger partial charge on any atom is 0.216 e. The molecule has 1 N–H and O–H groups in total. The lowest BCUT2D eigenvalue weighted by molar-refractivity contribution is 0.414. The maximum atomic E-state index is 12.2. The molecule has 1 aliphatic rings. The van der Waals surface area contributed by atoms with Crippen molar-refractivity contribution >= 4 is 10.0 Å². The van der Waals surface area contributed by atoms with E-state index in [9.17, 15) is 8.42 Å². The molecule has 0 saturated carbocycles. The molecule has 0 saturated heterocycles. The fourth-order valence-electron chi connectivity index (χ4n) is 2.56. The van der Waals surface area contributed by atoms with Gasteiger partial charge in [0.2, 0.25) is 10.0 Å². The Morgan fingerprint density at radius 2 is 2.05 bits per heavy atom. The molecule has 20 heavy (non-hydrogen) atoms. The standard InChI is InChI=1S/C14H17N3O2S/c18-20(19,11-12-4-2-1-3-5-12)16-13-7-9-17-14(10-13)6-8-15-17/h1-6,8,13,16H,7,9-11H2/t13-/m1/s1. The van der Waals surface area contributed by atoms with E-state index < -0.39 is 10.0 Å². The predicted molar refractivity (Wildman–Crippen MR) is 76.5 cm³/mol. The molecule has 0 aliphatic carbocycles. The largest absolute Gasteiger partial charge is 0.269 e. The zero-order chi connectivity index (χ0) is 14.0. The molecule has 0 bridgehead atoms. The van der Waals surface area contributed by atoms with Gasteiger partial charge in [0.25, 0.3) is 0 Å². The molecule has 0 radical (unpaired) electrons. The Morgan fingerprint density at radius 1 is 1.25 bits per heavy atom. The Bertz CT molecular complexity index is 679. The Labute approximate surface area is 118 Å². The lowest BCUT2D eigenvalue weighted by atomic mass is 10.1. The summed E-state index contributed by atoms with van der Waals surface area (Å²) in [5, 5.41) is 4.19. The highest BCUT2D eigenvalue weighted by molar-refractivity contribution is 7.88. The molecule has 1 aromatic carbocycles. The number of nitrogens with one attached hydrogen (secondary N) is 1. The van der Waals surface area contributed by atoms with Crippen molar-refractivity contribution in [2.75, 3.05) is 0 Å². The van der Waals surface area contributed by atoms with Crippen molar-refractivity contribution in [1.82, 2.24) is 14.5 Å². The van der Waals surface area contributed by atoms with Crippen LogP contribution < -0.4 is 4.72 Å². The molecule has 5 nitrogen and oxygen atoms in total. The summed E-state index contributed by atoms with van der Waals surface area (Å²) < 4.78 is 29.1. The molecule has 2 aromatic rings. The van der Waals surface area contributed by atoms with Crippen LogP contribution in [0.1, 0.15) is 17.7 Å². The van der Waals surface area contributed by atoms with Crippen LogP contribution in [0.2, 0.25) is 0 Å². The van der Waals surface area contributed by atoms with Crippen LogP contribution in [-0.2, 0) is 28.7 Å². The van der Waals surface area contributed by atoms with Crippen LogP contribution in [0.3, 0.4) is 0 Å². The van der Waals surface area contributed by atoms with E-state index in [1.165, 1.54) is 0 Å². The smallest absolute Gasteiger partial charge is 0.216 e. The van der Waals surface area contributed by atoms with Gasteiger partial charge < -0.3 is 0 Å². The van der Waals surface area contributed by atoms with Gasteiger partial charge in [-0.25, -0.2) is 13.1 Å². The predicted octanol–water partition coefficient (Wildman–Crippen LogP) is 1.32. The first kappa shape index (κ1) is 13.3. The third-order valence-electron chi connectivity index (χ3n) is 3.50. The summed E-state index contributed by atoms with van der Waals surface area (Å²) in [5.74, 6) is 0.0314. The van der Waals surface area contributed by atoms with E-state index >= 15 is 0 Å². The number of aromatic nitrogens is 2. The van der Waals surface area contributed by atoms with E-state index in [2.05, 4.69) is 9.82 Å². The minimum atomic E-state index is -3.30. The number of benzene rings is 1. The molecule has 0 fully saturated rings. The van der Waals surface area contributed by atoms with Crippen LogP contribution in [0.5, 0.6) is 0 Å². The van der Waals surface area contributed by atoms with Crippen molar-refractivity contribution in [3.63, 3.8) is 0 Å². The van der Waals surface area contributed by atoms with Gasteiger partial charge in [-0.2, -0.15) is 5.10 Å². The normalized spacial score (nSPS) is 18.7. The van der Waals surface area contributed by atoms with Crippen molar-refractivity contribution in [3.05, 3.63) is 53.9 Å². The maximum absolute atomic E-state index is 12.2. The van der Waals surface area contributed by atoms with Crippen LogP contribution in [0.15, 0.2) is 42.6 Å². The third kappa shape index (κ3) is 3.08. The van der Waals surface area contributed by atoms with Gasteiger partial charge in [0, 0.05) is 30.9 Å². The van der Waals surface area contributed by atoms with Gasteiger partial charge in [-0.15, -0.1) is 0 Å². The van der Waals surface area contributed by atoms with E-state index in [1.54, 1.807) is 6.20 Å². The van der Waals surface area contributed by atoms with Gasteiger partial charge in [0.1, 0.15) is 0 Å². The highest BCUT2D eigenvalue weighted by Gasteiger charge is 2.23. The molecule has 0 unspecified atom stereocenters. The topological polar surface area (TPSA) is 64.0 Å². The second-order valence-corrected chi connectivity index (χ2v) is 6.85. The summed E-state index contributed by atoms with van der Waals surface area (Å²) in [6.07, 6.45) is 3.24. The second kappa shape index (κ2) is 5.38. The van der Waals surface area contributed by atoms with Crippen LogP contribution in [0.4, 0.5) is 0 Å². The van der Waals surface area contributed by atoms with Crippen LogP contribution in [0, 0.1) is 0 Å². The number of rotatable bonds is 4. The molecular formula is C14H17N3O2S. The summed E-state index contributed by atoms with van der Waals surface area (Å²) in [4.78, 5) is 0. The molecule has 106 valence electrons. The number of fused-ring (bicyclic) bond motifs is 1. The van der Waals surface area contributed by atoms with Crippen molar-refractivity contribution in [3.8, 4) is 0 Å². The van der Waals surface area contributed by atoms with Crippen molar-refractivity contribution in [2.24, 2.45) is 0 Å². The number of sulfonamides is 1. The second-order valence-electron chi connectivity index (χ2n) is 5.10. The SMILES string of the molecule is O=S(=O)(Cc1ccccc1)N[C@@H]1CCn2nccc2C1. The Morgan fingerprint density at radius 3 is 2.85 bits per heavy atom. The molecule has 2 heterocycles. The first-order valence-electron chi connectivity index (χ1n) is 6.67. The molecule has 6 heteroatoms. The Balaban J connectivity index is 1.66. The lowest BCUT2D eigenvalue weighted by Crippen LogP contribution is -2.40. The molecule has 1 aromatic heterocycles. The summed E-state index contributed by atoms with van der Waals surface area (Å²) in [7, 11) is -3.30. The highest BCUT2D eigenvalue weighted by atomic mass is 32.2. The van der Waals surface area contributed by atoms with E-state index in [-0.39, 0.29) is 11.8 Å². The first-order valence-corrected chi connectivity index (χ1v) is 8.32. The van der Waals surface area contributed by atoms with Gasteiger partial charge in [0.05, 0.1) is 5.75 Å². The minimum Gasteiger partial charge on any atom is -0.269 e. The van der Waals surface area contributed by atoms with Gasteiger partial charge in [-0.05, 0) is 18.1 Å². The van der Waals surface area contributed by atoms with Crippen molar-refractivity contribution < 1.29 is 8.42 Å². The van der Waals surface area contributed by atoms with Gasteiger partial charge in [-0.3, -0.25) is 4.68 Å². The molecule has 0 spiro atoms. The summed E-state index contributed by atoms with van der Waals surface area (Å²) in [6.45, 7) is 0.765. The zero-order valence-electron chi connectivity index (χ0n) is 11.1. The molecule has 1 aliphatic heterocycles. The Hall–Kier alpha value is -1.66. The lowest BCUT2D eigenvalue weighted by Gasteiger charge is -2.24. The number of aryl methyl sites for hydroxylation is 1. The fraction of sp³-hybridized carbons (Fsp3) is 0.357. The molecule has 1 atom stereocenters. The zero-order valence-corrected chi connectivity index (χ0v) is 11.9. The molecular weight excluding hydrogens is 274 g/mol. The van der Waals surface area contributed by atoms with Crippen LogP contribution >= 0.6 is 0 Å². The van der Waals surface area contributed by atoms with Crippen molar-refractivity contribution in [1.29, 1.82) is 0 Å². The summed E-state index contributed by atoms with van der Waals surface area (Å²) in [6, 6.07) is 11.1. The van der Waals surface area contributed by atoms with E-state index in [1.807, 2.05) is 41.1 Å². The van der Waals surface area contributed by atoms with Crippen LogP contribution in [0.25, 0.3) is 0 Å². The number of hydrogen-bond donors (Lipinski definition) is 1. The van der Waals surface area contributed by atoms with E-state index in [0.717, 1.165) is 24.2 Å². The third-order valence-corrected chi connectivity index (χ3v) is 4.90. The molecule has 3 rings (SSSR count). The summed E-state index contributed by atoms with van der Waals surface area (Å²) in [5.41, 5.74) is 1.89. The van der Waals surface area contributed by atoms with Crippen LogP contribution in [-0.4, -0.2) is 24.2 Å². The molecule has 0 amide bonds. The fourth-order valence-corrected chi connectivity index (χ4v) is 3.98. The first-order chi connectivity index (χ1) is 9.62. The summed E-state index contributed by atoms with van der Waals surface area (Å²) >= 11 is 0. The minimum absolute atomic E-state index is 0.0314. The average molecular weight is 291 g/mol. The quantitative estimate of drug-likeness (QED) is 0.924. The average Bonchev–Trinajstić information content (AvgIpc) is 2.86. The highest BCUT2D eigenvalue weighted by Crippen LogP contribution is 2.15. The van der Waals surface area contributed by atoms with Gasteiger partial charge in [-0.1, -0.05) is 30.3 Å². The number of nitrogens with zero attached hydrogens (tertiary/aromatic N) is 2. The van der Waals surface area contributed by atoms with E-state index in [4.69, 9.17) is 0 Å². The van der Waals surface area contributed by atoms with E-state index in [0.29, 0.717) is 6.42 Å². The van der Waals surface area contributed by atoms with Gasteiger partial charge >= 0.3 is 0 Å². The van der Waals surface area contributed by atoms with Gasteiger partial charge in [0.15, 0.2) is 0 Å².